The van der Waals surface area contributed by atoms with Gasteiger partial charge in [-0.3, -0.25) is 9.18 Å². The van der Waals surface area contributed by atoms with Crippen LogP contribution in [0.15, 0.2) is 0 Å². The first-order valence-electron chi connectivity index (χ1n) is 4.02. The molecule has 0 spiro atoms. The van der Waals surface area contributed by atoms with Crippen molar-refractivity contribution in [2.45, 2.75) is 32.6 Å². The molecule has 0 bridgehead atoms. The Bertz CT molecular complexity index is 104. The minimum atomic E-state index is -0.618. The number of esters is 1. The van der Waals surface area contributed by atoms with Crippen molar-refractivity contribution in [1.82, 2.24) is 0 Å². The summed E-state index contributed by atoms with van der Waals surface area (Å²) in [6.07, 6.45) is 2.93. The van der Waals surface area contributed by atoms with Crippen LogP contribution in [0.25, 0.3) is 0 Å². The first-order chi connectivity index (χ1) is 5.31. The van der Waals surface area contributed by atoms with Gasteiger partial charge in [0.05, 0.1) is 19.7 Å². The topological polar surface area (TPSA) is 26.3 Å². The Balaban J connectivity index is 3.04. The second kappa shape index (κ2) is 7.51. The van der Waals surface area contributed by atoms with E-state index in [2.05, 4.69) is 6.92 Å². The van der Waals surface area contributed by atoms with Gasteiger partial charge in [0.15, 0.2) is 0 Å². The second-order valence-electron chi connectivity index (χ2n) is 2.37. The van der Waals surface area contributed by atoms with E-state index in [0.717, 1.165) is 19.3 Å². The van der Waals surface area contributed by atoms with E-state index in [0.29, 0.717) is 6.61 Å². The van der Waals surface area contributed by atoms with E-state index in [9.17, 15) is 9.18 Å². The van der Waals surface area contributed by atoms with Crippen LogP contribution in [0.5, 0.6) is 0 Å². The number of hydrogen-bond donors (Lipinski definition) is 0. The van der Waals surface area contributed by atoms with E-state index in [1.807, 2.05) is 0 Å². The first-order valence-corrected chi connectivity index (χ1v) is 4.02. The molecule has 0 aliphatic rings. The molecule has 11 heavy (non-hydrogen) atoms. The predicted octanol–water partition coefficient (Wildman–Crippen LogP) is 2.08. The van der Waals surface area contributed by atoms with Crippen LogP contribution in [0, 0.1) is 0 Å². The highest BCUT2D eigenvalue weighted by Gasteiger charge is 1.99. The van der Waals surface area contributed by atoms with Gasteiger partial charge < -0.3 is 4.74 Å². The van der Waals surface area contributed by atoms with Gasteiger partial charge in [-0.2, -0.15) is 0 Å². The summed E-state index contributed by atoms with van der Waals surface area (Å²) < 4.78 is 16.2. The van der Waals surface area contributed by atoms with E-state index < -0.39 is 12.6 Å². The van der Waals surface area contributed by atoms with Crippen molar-refractivity contribution in [3.8, 4) is 0 Å². The van der Waals surface area contributed by atoms with Crippen LogP contribution in [-0.2, 0) is 9.53 Å². The van der Waals surface area contributed by atoms with Crippen molar-refractivity contribution >= 4 is 5.97 Å². The Morgan fingerprint density at radius 2 is 2.18 bits per heavy atom. The highest BCUT2D eigenvalue weighted by atomic mass is 19.1. The maximum absolute atomic E-state index is 11.5. The lowest BCUT2D eigenvalue weighted by molar-refractivity contribution is -0.144. The molecule has 0 heterocycles. The Morgan fingerprint density at radius 1 is 1.45 bits per heavy atom. The average molecular weight is 162 g/mol. The molecular formula is C8H15FO2. The van der Waals surface area contributed by atoms with Crippen LogP contribution in [0.1, 0.15) is 32.6 Å². The van der Waals surface area contributed by atoms with Crippen LogP contribution >= 0.6 is 0 Å². The molecule has 0 atom stereocenters. The minimum absolute atomic E-state index is 0.105. The van der Waals surface area contributed by atoms with Crippen molar-refractivity contribution < 1.29 is 13.9 Å². The van der Waals surface area contributed by atoms with Crippen LogP contribution < -0.4 is 0 Å². The molecule has 0 radical (unpaired) electrons. The molecular weight excluding hydrogens is 147 g/mol. The highest BCUT2D eigenvalue weighted by Crippen LogP contribution is 1.95. The van der Waals surface area contributed by atoms with Gasteiger partial charge in [-0.25, -0.2) is 0 Å². The maximum Gasteiger partial charge on any atom is 0.308 e. The molecule has 0 saturated carbocycles. The molecule has 0 aromatic heterocycles. The van der Waals surface area contributed by atoms with Crippen molar-refractivity contribution in [3.63, 3.8) is 0 Å². The van der Waals surface area contributed by atoms with E-state index >= 15 is 0 Å². The average Bonchev–Trinajstić information content (AvgIpc) is 1.99. The molecule has 0 aliphatic carbocycles. The molecule has 0 saturated heterocycles. The maximum atomic E-state index is 11.5. The predicted molar refractivity (Wildman–Crippen MR) is 41.1 cm³/mol. The quantitative estimate of drug-likeness (QED) is 0.441. The zero-order valence-electron chi connectivity index (χ0n) is 6.94. The number of alkyl halides is 1. The number of ether oxygens (including phenoxy) is 1. The fourth-order valence-corrected chi connectivity index (χ4v) is 0.687. The molecule has 0 aromatic rings. The Kier molecular flexibility index (Phi) is 7.10. The fourth-order valence-electron chi connectivity index (χ4n) is 0.687. The van der Waals surface area contributed by atoms with E-state index in [1.54, 1.807) is 0 Å². The normalized spacial score (nSPS) is 9.64. The van der Waals surface area contributed by atoms with E-state index in [-0.39, 0.29) is 6.42 Å². The van der Waals surface area contributed by atoms with Crippen molar-refractivity contribution in [2.75, 3.05) is 13.3 Å². The van der Waals surface area contributed by atoms with E-state index in [1.165, 1.54) is 0 Å². The summed E-state index contributed by atoms with van der Waals surface area (Å²) in [7, 11) is 0. The lowest BCUT2D eigenvalue weighted by Crippen LogP contribution is -2.06. The number of unbranched alkanes of at least 4 members (excludes halogenated alkanes) is 2. The Labute approximate surface area is 66.7 Å². The lowest BCUT2D eigenvalue weighted by Gasteiger charge is -2.01. The number of hydrogen-bond acceptors (Lipinski definition) is 2. The van der Waals surface area contributed by atoms with Crippen LogP contribution in [-0.4, -0.2) is 19.3 Å². The Morgan fingerprint density at radius 3 is 2.73 bits per heavy atom. The zero-order valence-corrected chi connectivity index (χ0v) is 6.94. The van der Waals surface area contributed by atoms with E-state index in [4.69, 9.17) is 4.74 Å². The van der Waals surface area contributed by atoms with Crippen LogP contribution in [0.4, 0.5) is 4.39 Å². The number of carbonyl (C=O) groups excluding carboxylic acids is 1. The van der Waals surface area contributed by atoms with Gasteiger partial charge in [-0.05, 0) is 6.42 Å². The Hall–Kier alpha value is -0.600. The zero-order chi connectivity index (χ0) is 8.53. The first kappa shape index (κ1) is 10.4. The standard InChI is InChI=1S/C8H15FO2/c1-2-3-4-7-11-8(10)5-6-9/h2-7H2,1H3. The SMILES string of the molecule is CCCCCOC(=O)CCF. The molecule has 2 nitrogen and oxygen atoms in total. The smallest absolute Gasteiger partial charge is 0.308 e. The van der Waals surface area contributed by atoms with Crippen LogP contribution in [0.2, 0.25) is 0 Å². The van der Waals surface area contributed by atoms with Crippen molar-refractivity contribution in [1.29, 1.82) is 0 Å². The summed E-state index contributed by atoms with van der Waals surface area (Å²) in [6, 6.07) is 0. The molecule has 66 valence electrons. The third-order valence-electron chi connectivity index (χ3n) is 1.31. The molecule has 0 aliphatic heterocycles. The summed E-state index contributed by atoms with van der Waals surface area (Å²) in [6.45, 7) is 1.89. The van der Waals surface area contributed by atoms with Gasteiger partial charge in [0.2, 0.25) is 0 Å². The van der Waals surface area contributed by atoms with Crippen LogP contribution in [0.3, 0.4) is 0 Å². The minimum Gasteiger partial charge on any atom is -0.466 e. The molecule has 0 rings (SSSR count). The number of halogens is 1. The molecule has 0 unspecified atom stereocenters. The molecule has 0 fully saturated rings. The third-order valence-corrected chi connectivity index (χ3v) is 1.31. The summed E-state index contributed by atoms with van der Waals surface area (Å²) in [5.74, 6) is -0.427. The largest absolute Gasteiger partial charge is 0.466 e. The van der Waals surface area contributed by atoms with Crippen molar-refractivity contribution in [3.05, 3.63) is 0 Å². The third kappa shape index (κ3) is 7.30. The number of carbonyl (C=O) groups is 1. The van der Waals surface area contributed by atoms with Gasteiger partial charge >= 0.3 is 5.97 Å². The summed E-state index contributed by atoms with van der Waals surface area (Å²) in [5.41, 5.74) is 0. The summed E-state index contributed by atoms with van der Waals surface area (Å²) in [4.78, 5) is 10.5. The van der Waals surface area contributed by atoms with Gasteiger partial charge in [-0.1, -0.05) is 19.8 Å². The van der Waals surface area contributed by atoms with Gasteiger partial charge in [0, 0.05) is 0 Å². The summed E-state index contributed by atoms with van der Waals surface area (Å²) in [5, 5.41) is 0. The lowest BCUT2D eigenvalue weighted by atomic mass is 10.3. The van der Waals surface area contributed by atoms with Crippen molar-refractivity contribution in [2.24, 2.45) is 0 Å². The molecule has 0 aromatic carbocycles. The van der Waals surface area contributed by atoms with Gasteiger partial charge in [-0.15, -0.1) is 0 Å². The highest BCUT2D eigenvalue weighted by molar-refractivity contribution is 5.69. The van der Waals surface area contributed by atoms with Gasteiger partial charge in [0.25, 0.3) is 0 Å². The second-order valence-corrected chi connectivity index (χ2v) is 2.37. The van der Waals surface area contributed by atoms with Gasteiger partial charge in [0.1, 0.15) is 0 Å². The monoisotopic (exact) mass is 162 g/mol. The molecule has 0 N–H and O–H groups in total. The molecule has 3 heteroatoms. The molecule has 0 amide bonds. The fraction of sp³-hybridized carbons (Fsp3) is 0.875. The number of rotatable bonds is 6. The summed E-state index contributed by atoms with van der Waals surface area (Å²) >= 11 is 0.